The number of aliphatic hydroxyl groups excluding tert-OH is 1. The summed E-state index contributed by atoms with van der Waals surface area (Å²) in [5.74, 6) is 1.52. The van der Waals surface area contributed by atoms with Gasteiger partial charge in [-0.25, -0.2) is 0 Å². The molecular weight excluding hydrogens is 403 g/mol. The van der Waals surface area contributed by atoms with E-state index >= 15 is 0 Å². The van der Waals surface area contributed by atoms with Gasteiger partial charge in [0.25, 0.3) is 7.48 Å². The molecule has 5 atom stereocenters. The molecule has 0 amide bonds. The average Bonchev–Trinajstić information content (AvgIpc) is 2.69. The lowest BCUT2D eigenvalue weighted by molar-refractivity contribution is -0.0946. The van der Waals surface area contributed by atoms with Crippen LogP contribution in [0.3, 0.4) is 0 Å². The SMILES string of the molecule is CCCCOC1=C[C@H](O)C([C@H](OCCCC)C(C)[B]OC(C)(C)C(C)(C)O)C[C@@H]1C(C)C. The third-order valence-electron chi connectivity index (χ3n) is 7.04. The fourth-order valence-electron chi connectivity index (χ4n) is 3.91. The first-order chi connectivity index (χ1) is 14.9. The van der Waals surface area contributed by atoms with Crippen LogP contribution in [0.2, 0.25) is 5.82 Å². The molecule has 0 aromatic carbocycles. The molecule has 2 N–H and O–H groups in total. The Kier molecular flexibility index (Phi) is 12.3. The summed E-state index contributed by atoms with van der Waals surface area (Å²) in [6, 6.07) is 0. The van der Waals surface area contributed by atoms with Crippen LogP contribution in [0.1, 0.15) is 94.4 Å². The van der Waals surface area contributed by atoms with E-state index in [-0.39, 0.29) is 23.8 Å². The van der Waals surface area contributed by atoms with E-state index in [1.807, 2.05) is 19.9 Å². The molecule has 0 aliphatic heterocycles. The number of rotatable bonds is 15. The van der Waals surface area contributed by atoms with E-state index in [0.717, 1.165) is 37.9 Å². The summed E-state index contributed by atoms with van der Waals surface area (Å²) in [7, 11) is 1.79. The first-order valence-electron chi connectivity index (χ1n) is 12.7. The Bertz CT molecular complexity index is 555. The second kappa shape index (κ2) is 13.4. The van der Waals surface area contributed by atoms with Crippen molar-refractivity contribution in [2.45, 2.75) is 124 Å². The van der Waals surface area contributed by atoms with Crippen molar-refractivity contribution in [1.29, 1.82) is 0 Å². The predicted molar refractivity (Wildman–Crippen MR) is 133 cm³/mol. The standard InChI is InChI=1S/C26H50BO5/c1-10-12-14-30-23-17-22(28)21(16-20(23)18(3)4)24(31-15-13-11-2)19(5)27-32-26(8,9)25(6,7)29/h17-22,24,28-29H,10-16H2,1-9H3/t19?,20-,21?,22+,24-/m1/s1. The van der Waals surface area contributed by atoms with Crippen molar-refractivity contribution in [3.8, 4) is 0 Å². The van der Waals surface area contributed by atoms with Gasteiger partial charge in [0.2, 0.25) is 0 Å². The van der Waals surface area contributed by atoms with Gasteiger partial charge in [-0.15, -0.1) is 0 Å². The summed E-state index contributed by atoms with van der Waals surface area (Å²) in [4.78, 5) is 0. The van der Waals surface area contributed by atoms with Gasteiger partial charge in [-0.05, 0) is 64.8 Å². The monoisotopic (exact) mass is 453 g/mol. The molecule has 1 rings (SSSR count). The lowest BCUT2D eigenvalue weighted by Gasteiger charge is -2.42. The van der Waals surface area contributed by atoms with Crippen LogP contribution in [-0.4, -0.2) is 54.3 Å². The first kappa shape index (κ1) is 29.5. The summed E-state index contributed by atoms with van der Waals surface area (Å²) >= 11 is 0. The van der Waals surface area contributed by atoms with Gasteiger partial charge in [-0.2, -0.15) is 0 Å². The molecule has 0 saturated carbocycles. The Hall–Kier alpha value is -0.555. The molecule has 5 nitrogen and oxygen atoms in total. The number of allylic oxidation sites excluding steroid dienone is 1. The molecular formula is C26H50BO5. The van der Waals surface area contributed by atoms with E-state index in [1.165, 1.54) is 0 Å². The van der Waals surface area contributed by atoms with Gasteiger partial charge in [0.1, 0.15) is 0 Å². The topological polar surface area (TPSA) is 68.2 Å². The van der Waals surface area contributed by atoms with Gasteiger partial charge in [0.15, 0.2) is 0 Å². The molecule has 1 aliphatic carbocycles. The quantitative estimate of drug-likeness (QED) is 0.252. The Balaban J connectivity index is 3.03. The molecule has 0 saturated heterocycles. The van der Waals surface area contributed by atoms with Crippen LogP contribution in [-0.2, 0) is 14.1 Å². The minimum atomic E-state index is -0.984. The Morgan fingerprint density at radius 3 is 2.19 bits per heavy atom. The Labute approximate surface area is 198 Å². The number of hydrogen-bond acceptors (Lipinski definition) is 5. The van der Waals surface area contributed by atoms with Crippen molar-refractivity contribution >= 4 is 7.48 Å². The largest absolute Gasteiger partial charge is 0.498 e. The molecule has 1 aliphatic rings. The maximum Gasteiger partial charge on any atom is 0.299 e. The highest BCUT2D eigenvalue weighted by Crippen LogP contribution is 2.40. The zero-order chi connectivity index (χ0) is 24.5. The lowest BCUT2D eigenvalue weighted by Crippen LogP contribution is -2.49. The van der Waals surface area contributed by atoms with Crippen molar-refractivity contribution in [3.05, 3.63) is 11.8 Å². The molecule has 6 heteroatoms. The highest BCUT2D eigenvalue weighted by Gasteiger charge is 2.42. The molecule has 2 unspecified atom stereocenters. The van der Waals surface area contributed by atoms with E-state index in [9.17, 15) is 10.2 Å². The van der Waals surface area contributed by atoms with Gasteiger partial charge in [-0.3, -0.25) is 0 Å². The first-order valence-corrected chi connectivity index (χ1v) is 12.7. The molecule has 1 radical (unpaired) electrons. The van der Waals surface area contributed by atoms with Crippen LogP contribution in [0.25, 0.3) is 0 Å². The fraction of sp³-hybridized carbons (Fsp3) is 0.923. The second-order valence-corrected chi connectivity index (χ2v) is 10.9. The van der Waals surface area contributed by atoms with Crippen LogP contribution >= 0.6 is 0 Å². The Morgan fingerprint density at radius 1 is 1.06 bits per heavy atom. The highest BCUT2D eigenvalue weighted by molar-refractivity contribution is 6.29. The van der Waals surface area contributed by atoms with E-state index in [4.69, 9.17) is 14.1 Å². The van der Waals surface area contributed by atoms with Gasteiger partial charge in [0.05, 0.1) is 35.8 Å². The fourth-order valence-corrected chi connectivity index (χ4v) is 3.91. The molecule has 0 bridgehead atoms. The van der Waals surface area contributed by atoms with Crippen LogP contribution in [0.15, 0.2) is 11.8 Å². The third kappa shape index (κ3) is 8.66. The smallest absolute Gasteiger partial charge is 0.299 e. The number of hydrogen-bond donors (Lipinski definition) is 2. The maximum atomic E-state index is 11.1. The van der Waals surface area contributed by atoms with E-state index in [0.29, 0.717) is 19.1 Å². The minimum Gasteiger partial charge on any atom is -0.498 e. The van der Waals surface area contributed by atoms with Crippen molar-refractivity contribution in [1.82, 2.24) is 0 Å². The van der Waals surface area contributed by atoms with Gasteiger partial charge >= 0.3 is 0 Å². The normalized spacial score (nSPS) is 24.2. The zero-order valence-electron chi connectivity index (χ0n) is 22.2. The molecule has 187 valence electrons. The number of aliphatic hydroxyl groups is 2. The lowest BCUT2D eigenvalue weighted by atomic mass is 9.66. The molecule has 0 aromatic heterocycles. The van der Waals surface area contributed by atoms with Crippen molar-refractivity contribution in [2.75, 3.05) is 13.2 Å². The Morgan fingerprint density at radius 2 is 1.66 bits per heavy atom. The number of unbranched alkanes of at least 4 members (excludes halogenated alkanes) is 2. The third-order valence-corrected chi connectivity index (χ3v) is 7.04. The molecule has 0 heterocycles. The number of ether oxygens (including phenoxy) is 2. The minimum absolute atomic E-state index is 0.0436. The molecule has 32 heavy (non-hydrogen) atoms. The molecule has 0 spiro atoms. The van der Waals surface area contributed by atoms with E-state index < -0.39 is 17.3 Å². The zero-order valence-corrected chi connectivity index (χ0v) is 22.2. The molecule has 0 aromatic rings. The summed E-state index contributed by atoms with van der Waals surface area (Å²) in [6.07, 6.45) is 6.09. The second-order valence-electron chi connectivity index (χ2n) is 10.9. The van der Waals surface area contributed by atoms with E-state index in [2.05, 4.69) is 34.6 Å². The van der Waals surface area contributed by atoms with Crippen molar-refractivity contribution in [3.63, 3.8) is 0 Å². The van der Waals surface area contributed by atoms with Crippen molar-refractivity contribution < 1.29 is 24.3 Å². The van der Waals surface area contributed by atoms with Crippen LogP contribution in [0, 0.1) is 17.8 Å². The van der Waals surface area contributed by atoms with Gasteiger partial charge in [-0.1, -0.05) is 47.5 Å². The van der Waals surface area contributed by atoms with Gasteiger partial charge in [0, 0.05) is 18.4 Å². The molecule has 0 fully saturated rings. The van der Waals surface area contributed by atoms with Crippen LogP contribution < -0.4 is 0 Å². The van der Waals surface area contributed by atoms with E-state index in [1.54, 1.807) is 21.3 Å². The average molecular weight is 453 g/mol. The summed E-state index contributed by atoms with van der Waals surface area (Å²) in [5, 5.41) is 21.5. The summed E-state index contributed by atoms with van der Waals surface area (Å²) < 4.78 is 18.5. The highest BCUT2D eigenvalue weighted by atomic mass is 16.5. The summed E-state index contributed by atoms with van der Waals surface area (Å²) in [6.45, 7) is 19.4. The van der Waals surface area contributed by atoms with Crippen LogP contribution in [0.5, 0.6) is 0 Å². The summed E-state index contributed by atoms with van der Waals surface area (Å²) in [5.41, 5.74) is -1.72. The predicted octanol–water partition coefficient (Wildman–Crippen LogP) is 5.52. The maximum absolute atomic E-state index is 11.1. The van der Waals surface area contributed by atoms with Crippen LogP contribution in [0.4, 0.5) is 0 Å². The van der Waals surface area contributed by atoms with Gasteiger partial charge < -0.3 is 24.3 Å². The van der Waals surface area contributed by atoms with Crippen molar-refractivity contribution in [2.24, 2.45) is 17.8 Å².